The van der Waals surface area contributed by atoms with Gasteiger partial charge in [0.1, 0.15) is 18.5 Å². The topological polar surface area (TPSA) is 56.8 Å². The van der Waals surface area contributed by atoms with E-state index in [1.165, 1.54) is 0 Å². The van der Waals surface area contributed by atoms with Crippen LogP contribution in [0.2, 0.25) is 0 Å². The number of amides is 1. The molecule has 4 rings (SSSR count). The van der Waals surface area contributed by atoms with Crippen molar-refractivity contribution in [3.63, 3.8) is 0 Å². The second-order valence-corrected chi connectivity index (χ2v) is 6.73. The van der Waals surface area contributed by atoms with Crippen molar-refractivity contribution in [2.45, 2.75) is 25.6 Å². The van der Waals surface area contributed by atoms with E-state index >= 15 is 0 Å². The minimum Gasteiger partial charge on any atom is -0.486 e. The van der Waals surface area contributed by atoms with Crippen LogP contribution in [0.4, 0.5) is 0 Å². The molecule has 2 atom stereocenters. The van der Waals surface area contributed by atoms with Crippen molar-refractivity contribution in [1.29, 1.82) is 0 Å². The number of rotatable bonds is 6. The molecule has 1 aliphatic heterocycles. The van der Waals surface area contributed by atoms with Crippen LogP contribution in [0.3, 0.4) is 0 Å². The number of benzene rings is 3. The van der Waals surface area contributed by atoms with Crippen LogP contribution in [0.5, 0.6) is 17.2 Å². The number of hydrogen-bond acceptors (Lipinski definition) is 4. The molecule has 3 aromatic carbocycles. The van der Waals surface area contributed by atoms with Crippen LogP contribution in [-0.4, -0.2) is 31.3 Å². The first-order chi connectivity index (χ1) is 13.7. The molecule has 144 valence electrons. The minimum absolute atomic E-state index is 0.155. The molecule has 0 aliphatic carbocycles. The van der Waals surface area contributed by atoms with Gasteiger partial charge >= 0.3 is 0 Å². The highest BCUT2D eigenvalue weighted by molar-refractivity contribution is 5.89. The quantitative estimate of drug-likeness (QED) is 0.707. The van der Waals surface area contributed by atoms with Crippen LogP contribution in [0.1, 0.15) is 13.3 Å². The van der Waals surface area contributed by atoms with E-state index in [0.717, 1.165) is 16.5 Å². The lowest BCUT2D eigenvalue weighted by Crippen LogP contribution is -2.45. The van der Waals surface area contributed by atoms with Gasteiger partial charge < -0.3 is 19.5 Å². The molecule has 0 radical (unpaired) electrons. The fourth-order valence-electron chi connectivity index (χ4n) is 3.27. The van der Waals surface area contributed by atoms with E-state index in [2.05, 4.69) is 5.32 Å². The van der Waals surface area contributed by atoms with Crippen molar-refractivity contribution in [3.8, 4) is 17.2 Å². The fourth-order valence-corrected chi connectivity index (χ4v) is 3.27. The molecule has 1 aliphatic rings. The first-order valence-corrected chi connectivity index (χ1v) is 9.55. The molecule has 1 N–H and O–H groups in total. The summed E-state index contributed by atoms with van der Waals surface area (Å²) in [4.78, 5) is 12.7. The zero-order chi connectivity index (χ0) is 19.3. The molecule has 0 fully saturated rings. The molecule has 1 heterocycles. The Morgan fingerprint density at radius 2 is 1.82 bits per heavy atom. The first-order valence-electron chi connectivity index (χ1n) is 9.55. The maximum Gasteiger partial charge on any atom is 0.261 e. The fraction of sp³-hybridized carbons (Fsp3) is 0.261. The second kappa shape index (κ2) is 8.21. The van der Waals surface area contributed by atoms with E-state index in [1.54, 1.807) is 0 Å². The molecule has 0 bridgehead atoms. The van der Waals surface area contributed by atoms with Gasteiger partial charge in [0.05, 0.1) is 6.54 Å². The number of ether oxygens (including phenoxy) is 3. The van der Waals surface area contributed by atoms with Gasteiger partial charge in [-0.1, -0.05) is 55.5 Å². The summed E-state index contributed by atoms with van der Waals surface area (Å²) in [6.45, 7) is 2.70. The molecule has 5 nitrogen and oxygen atoms in total. The molecule has 0 spiro atoms. The van der Waals surface area contributed by atoms with Crippen molar-refractivity contribution in [1.82, 2.24) is 5.32 Å². The predicted octanol–water partition coefficient (Wildman–Crippen LogP) is 3.95. The molecule has 28 heavy (non-hydrogen) atoms. The Labute approximate surface area is 164 Å². The van der Waals surface area contributed by atoms with Gasteiger partial charge in [-0.25, -0.2) is 0 Å². The van der Waals surface area contributed by atoms with Gasteiger partial charge in [0.15, 0.2) is 17.6 Å². The Hall–Kier alpha value is -3.21. The van der Waals surface area contributed by atoms with Gasteiger partial charge in [0.2, 0.25) is 0 Å². The molecule has 0 saturated heterocycles. The summed E-state index contributed by atoms with van der Waals surface area (Å²) in [6, 6.07) is 21.4. The Balaban J connectivity index is 1.38. The van der Waals surface area contributed by atoms with Gasteiger partial charge in [-0.05, 0) is 30.0 Å². The minimum atomic E-state index is -0.567. The van der Waals surface area contributed by atoms with Crippen LogP contribution >= 0.6 is 0 Å². The summed E-state index contributed by atoms with van der Waals surface area (Å²) < 4.78 is 17.6. The van der Waals surface area contributed by atoms with E-state index in [0.29, 0.717) is 31.1 Å². The van der Waals surface area contributed by atoms with Crippen LogP contribution in [-0.2, 0) is 4.79 Å². The number of fused-ring (bicyclic) bond motifs is 2. The van der Waals surface area contributed by atoms with Gasteiger partial charge in [-0.15, -0.1) is 0 Å². The maximum atomic E-state index is 12.7. The molecule has 2 unspecified atom stereocenters. The third kappa shape index (κ3) is 3.88. The predicted molar refractivity (Wildman–Crippen MR) is 108 cm³/mol. The molecule has 0 aromatic heterocycles. The maximum absolute atomic E-state index is 12.7. The average Bonchev–Trinajstić information content (AvgIpc) is 2.75. The summed E-state index contributed by atoms with van der Waals surface area (Å²) in [7, 11) is 0. The Morgan fingerprint density at radius 3 is 2.68 bits per heavy atom. The SMILES string of the molecule is CCC(Oc1cccc2ccccc12)C(=O)NCC1COc2ccccc2O1. The molecular formula is C23H23NO4. The number of para-hydroxylation sites is 2. The van der Waals surface area contributed by atoms with Gasteiger partial charge in [0, 0.05) is 5.39 Å². The van der Waals surface area contributed by atoms with Crippen molar-refractivity contribution in [3.05, 3.63) is 66.7 Å². The third-order valence-corrected chi connectivity index (χ3v) is 4.75. The van der Waals surface area contributed by atoms with Crippen molar-refractivity contribution >= 4 is 16.7 Å². The summed E-state index contributed by atoms with van der Waals surface area (Å²) in [5.74, 6) is 1.99. The number of carbonyl (C=O) groups is 1. The molecule has 0 saturated carbocycles. The van der Waals surface area contributed by atoms with Crippen molar-refractivity contribution < 1.29 is 19.0 Å². The summed E-state index contributed by atoms with van der Waals surface area (Å²) in [5.41, 5.74) is 0. The zero-order valence-electron chi connectivity index (χ0n) is 15.8. The lowest BCUT2D eigenvalue weighted by Gasteiger charge is -2.27. The van der Waals surface area contributed by atoms with E-state index in [4.69, 9.17) is 14.2 Å². The Morgan fingerprint density at radius 1 is 1.07 bits per heavy atom. The van der Waals surface area contributed by atoms with E-state index in [1.807, 2.05) is 73.7 Å². The average molecular weight is 377 g/mol. The van der Waals surface area contributed by atoms with Crippen molar-refractivity contribution in [2.24, 2.45) is 0 Å². The number of carbonyl (C=O) groups excluding carboxylic acids is 1. The molecule has 5 heteroatoms. The highest BCUT2D eigenvalue weighted by Crippen LogP contribution is 2.30. The van der Waals surface area contributed by atoms with Gasteiger partial charge in [0.25, 0.3) is 5.91 Å². The molecule has 1 amide bonds. The molecule has 3 aromatic rings. The largest absolute Gasteiger partial charge is 0.486 e. The van der Waals surface area contributed by atoms with Crippen LogP contribution in [0.25, 0.3) is 10.8 Å². The number of nitrogens with one attached hydrogen (secondary N) is 1. The summed E-state index contributed by atoms with van der Waals surface area (Å²) in [5, 5.41) is 5.02. The van der Waals surface area contributed by atoms with Gasteiger partial charge in [-0.2, -0.15) is 0 Å². The lowest BCUT2D eigenvalue weighted by atomic mass is 10.1. The van der Waals surface area contributed by atoms with Crippen molar-refractivity contribution in [2.75, 3.05) is 13.2 Å². The Bertz CT molecular complexity index is 966. The van der Waals surface area contributed by atoms with E-state index < -0.39 is 6.10 Å². The number of hydrogen-bond donors (Lipinski definition) is 1. The van der Waals surface area contributed by atoms with Crippen LogP contribution in [0.15, 0.2) is 66.7 Å². The van der Waals surface area contributed by atoms with Crippen LogP contribution < -0.4 is 19.5 Å². The summed E-state index contributed by atoms with van der Waals surface area (Å²) >= 11 is 0. The first kappa shape index (κ1) is 18.2. The Kier molecular flexibility index (Phi) is 5.33. The normalized spacial score (nSPS) is 16.4. The summed E-state index contributed by atoms with van der Waals surface area (Å²) in [6.07, 6.45) is -0.226. The van der Waals surface area contributed by atoms with Crippen LogP contribution in [0, 0.1) is 0 Å². The van der Waals surface area contributed by atoms with E-state index in [-0.39, 0.29) is 12.0 Å². The molecular weight excluding hydrogens is 354 g/mol. The zero-order valence-corrected chi connectivity index (χ0v) is 15.8. The second-order valence-electron chi connectivity index (χ2n) is 6.73. The standard InChI is InChI=1S/C23H23NO4/c1-2-19(28-20-13-7-9-16-8-3-4-10-18(16)20)23(25)24-14-17-15-26-21-11-5-6-12-22(21)27-17/h3-13,17,19H,2,14-15H2,1H3,(H,24,25). The highest BCUT2D eigenvalue weighted by Gasteiger charge is 2.24. The lowest BCUT2D eigenvalue weighted by molar-refractivity contribution is -0.128. The monoisotopic (exact) mass is 377 g/mol. The van der Waals surface area contributed by atoms with Gasteiger partial charge in [-0.3, -0.25) is 4.79 Å². The highest BCUT2D eigenvalue weighted by atomic mass is 16.6. The third-order valence-electron chi connectivity index (χ3n) is 4.75. The smallest absolute Gasteiger partial charge is 0.261 e. The van der Waals surface area contributed by atoms with E-state index in [9.17, 15) is 4.79 Å².